The molecule has 0 amide bonds. The van der Waals surface area contributed by atoms with Gasteiger partial charge in [0.25, 0.3) is 0 Å². The third kappa shape index (κ3) is 5.43. The zero-order valence-corrected chi connectivity index (χ0v) is 15.0. The van der Waals surface area contributed by atoms with Crippen molar-refractivity contribution in [1.29, 1.82) is 0 Å². The summed E-state index contributed by atoms with van der Waals surface area (Å²) >= 11 is 0. The highest BCUT2D eigenvalue weighted by molar-refractivity contribution is 5.85. The molecule has 0 unspecified atom stereocenters. The topological polar surface area (TPSA) is 79.5 Å². The number of carboxylic acid groups (broad SMARTS) is 1. The molecule has 0 aliphatic carbocycles. The molecule has 1 aromatic carbocycles. The Kier molecular flexibility index (Phi) is 6.83. The summed E-state index contributed by atoms with van der Waals surface area (Å²) in [6, 6.07) is 9.74. The number of carbonyl (C=O) groups is 1. The second kappa shape index (κ2) is 8.71. The number of hydrogen-bond acceptors (Lipinski definition) is 5. The van der Waals surface area contributed by atoms with Crippen LogP contribution in [-0.2, 0) is 24.2 Å². The van der Waals surface area contributed by atoms with E-state index in [0.717, 1.165) is 12.0 Å². The third-order valence-electron chi connectivity index (χ3n) is 4.48. The summed E-state index contributed by atoms with van der Waals surface area (Å²) in [6.07, 6.45) is -3.27. The molecule has 1 aromatic heterocycles. The molecular formula is C17H19ClF3N3O3. The lowest BCUT2D eigenvalue weighted by Crippen LogP contribution is -2.33. The van der Waals surface area contributed by atoms with Crippen molar-refractivity contribution in [3.05, 3.63) is 47.6 Å². The molecule has 3 rings (SSSR count). The van der Waals surface area contributed by atoms with E-state index in [2.05, 4.69) is 10.1 Å². The second-order valence-corrected chi connectivity index (χ2v) is 6.38. The molecule has 1 N–H and O–H groups in total. The van der Waals surface area contributed by atoms with Gasteiger partial charge in [-0.2, -0.15) is 18.2 Å². The average molecular weight is 406 g/mol. The fourth-order valence-electron chi connectivity index (χ4n) is 3.14. The molecule has 0 bridgehead atoms. The molecule has 1 saturated heterocycles. The average Bonchev–Trinajstić information content (AvgIpc) is 3.21. The quantitative estimate of drug-likeness (QED) is 0.796. The van der Waals surface area contributed by atoms with Crippen LogP contribution in [0.5, 0.6) is 0 Å². The van der Waals surface area contributed by atoms with Crippen molar-refractivity contribution in [2.75, 3.05) is 13.1 Å². The molecule has 2 atom stereocenters. The minimum absolute atomic E-state index is 0. The van der Waals surface area contributed by atoms with Gasteiger partial charge in [0, 0.05) is 19.5 Å². The van der Waals surface area contributed by atoms with E-state index >= 15 is 0 Å². The molecule has 1 aliphatic heterocycles. The first-order valence-electron chi connectivity index (χ1n) is 8.20. The van der Waals surface area contributed by atoms with Crippen LogP contribution in [0, 0.1) is 11.8 Å². The van der Waals surface area contributed by atoms with Gasteiger partial charge in [-0.05, 0) is 12.0 Å². The Morgan fingerprint density at radius 2 is 1.93 bits per heavy atom. The monoisotopic (exact) mass is 405 g/mol. The molecule has 2 aromatic rings. The van der Waals surface area contributed by atoms with Crippen LogP contribution in [0.15, 0.2) is 34.9 Å². The first-order chi connectivity index (χ1) is 12.3. The number of aromatic nitrogens is 2. The molecule has 10 heteroatoms. The first kappa shape index (κ1) is 21.2. The van der Waals surface area contributed by atoms with Gasteiger partial charge in [0.1, 0.15) is 0 Å². The van der Waals surface area contributed by atoms with Crippen molar-refractivity contribution in [3.8, 4) is 0 Å². The van der Waals surface area contributed by atoms with E-state index in [4.69, 9.17) is 9.63 Å². The predicted molar refractivity (Wildman–Crippen MR) is 91.3 cm³/mol. The van der Waals surface area contributed by atoms with E-state index in [1.165, 1.54) is 4.90 Å². The van der Waals surface area contributed by atoms with Crippen LogP contribution in [0.25, 0.3) is 0 Å². The van der Waals surface area contributed by atoms with E-state index < -0.39 is 24.0 Å². The summed E-state index contributed by atoms with van der Waals surface area (Å²) in [5.74, 6) is -4.13. The summed E-state index contributed by atoms with van der Waals surface area (Å²) in [7, 11) is 0. The van der Waals surface area contributed by atoms with Crippen molar-refractivity contribution in [1.82, 2.24) is 15.0 Å². The highest BCUT2D eigenvalue weighted by atomic mass is 35.5. The summed E-state index contributed by atoms with van der Waals surface area (Å²) in [5.41, 5.74) is 1.12. The highest BCUT2D eigenvalue weighted by Crippen LogP contribution is 2.38. The Hall–Kier alpha value is -2.13. The number of aliphatic carboxylic acids is 1. The minimum Gasteiger partial charge on any atom is -0.481 e. The molecule has 148 valence electrons. The van der Waals surface area contributed by atoms with Gasteiger partial charge < -0.3 is 9.63 Å². The van der Waals surface area contributed by atoms with Gasteiger partial charge in [-0.15, -0.1) is 12.4 Å². The molecule has 0 radical (unpaired) electrons. The van der Waals surface area contributed by atoms with Crippen molar-refractivity contribution >= 4 is 18.4 Å². The molecule has 1 aliphatic rings. The van der Waals surface area contributed by atoms with Crippen LogP contribution in [0.2, 0.25) is 0 Å². The van der Waals surface area contributed by atoms with Gasteiger partial charge >= 0.3 is 12.1 Å². The normalized spacial score (nSPS) is 20.4. The summed E-state index contributed by atoms with van der Waals surface area (Å²) in [4.78, 5) is 16.7. The van der Waals surface area contributed by atoms with Gasteiger partial charge in [-0.1, -0.05) is 35.5 Å². The number of rotatable bonds is 6. The standard InChI is InChI=1S/C17H18F3N3O3.ClH/c18-17(19,20)13-9-23(8-12(13)16(24)25)10-15-21-14(22-26-15)7-6-11-4-2-1-3-5-11;/h1-5,12-13H,6-10H2,(H,24,25);1H/t12-,13-;/m1./s1. The second-order valence-electron chi connectivity index (χ2n) is 6.38. The number of aryl methyl sites for hydroxylation is 2. The number of likely N-dealkylation sites (tertiary alicyclic amines) is 1. The zero-order chi connectivity index (χ0) is 18.7. The summed E-state index contributed by atoms with van der Waals surface area (Å²) in [6.45, 7) is -0.571. The van der Waals surface area contributed by atoms with Gasteiger partial charge in [-0.25, -0.2) is 0 Å². The first-order valence-corrected chi connectivity index (χ1v) is 8.20. The van der Waals surface area contributed by atoms with Crippen molar-refractivity contribution < 1.29 is 27.6 Å². The Morgan fingerprint density at radius 1 is 1.22 bits per heavy atom. The molecular weight excluding hydrogens is 387 g/mol. The van der Waals surface area contributed by atoms with Crippen molar-refractivity contribution in [2.45, 2.75) is 25.6 Å². The Bertz CT molecular complexity index is 755. The van der Waals surface area contributed by atoms with Gasteiger partial charge in [-0.3, -0.25) is 9.69 Å². The smallest absolute Gasteiger partial charge is 0.393 e. The van der Waals surface area contributed by atoms with E-state index in [0.29, 0.717) is 12.2 Å². The highest BCUT2D eigenvalue weighted by Gasteiger charge is 2.52. The Balaban J connectivity index is 0.00000261. The molecule has 1 fully saturated rings. The van der Waals surface area contributed by atoms with E-state index in [-0.39, 0.29) is 37.9 Å². The van der Waals surface area contributed by atoms with Gasteiger partial charge in [0.15, 0.2) is 5.82 Å². The lowest BCUT2D eigenvalue weighted by molar-refractivity contribution is -0.188. The number of alkyl halides is 3. The van der Waals surface area contributed by atoms with Crippen molar-refractivity contribution in [3.63, 3.8) is 0 Å². The summed E-state index contributed by atoms with van der Waals surface area (Å²) in [5, 5.41) is 12.9. The van der Waals surface area contributed by atoms with Crippen LogP contribution in [-0.4, -0.2) is 45.4 Å². The number of hydrogen-bond donors (Lipinski definition) is 1. The number of halogens is 4. The largest absolute Gasteiger partial charge is 0.481 e. The zero-order valence-electron chi connectivity index (χ0n) is 14.2. The number of carboxylic acids is 1. The van der Waals surface area contributed by atoms with Crippen LogP contribution in [0.4, 0.5) is 13.2 Å². The molecule has 27 heavy (non-hydrogen) atoms. The van der Waals surface area contributed by atoms with Crippen LogP contribution in [0.3, 0.4) is 0 Å². The summed E-state index contributed by atoms with van der Waals surface area (Å²) < 4.78 is 44.1. The van der Waals surface area contributed by atoms with Crippen LogP contribution >= 0.6 is 12.4 Å². The number of nitrogens with zero attached hydrogens (tertiary/aromatic N) is 3. The van der Waals surface area contributed by atoms with E-state index in [1.54, 1.807) is 0 Å². The third-order valence-corrected chi connectivity index (χ3v) is 4.48. The maximum absolute atomic E-state index is 13.0. The van der Waals surface area contributed by atoms with E-state index in [9.17, 15) is 18.0 Å². The van der Waals surface area contributed by atoms with Crippen molar-refractivity contribution in [2.24, 2.45) is 11.8 Å². The fraction of sp³-hybridized carbons (Fsp3) is 0.471. The van der Waals surface area contributed by atoms with E-state index in [1.807, 2.05) is 30.3 Å². The van der Waals surface area contributed by atoms with Gasteiger partial charge in [0.05, 0.1) is 18.4 Å². The molecule has 6 nitrogen and oxygen atoms in total. The maximum atomic E-state index is 13.0. The molecule has 0 spiro atoms. The molecule has 0 saturated carbocycles. The Labute approximate surface area is 159 Å². The van der Waals surface area contributed by atoms with Crippen LogP contribution in [0.1, 0.15) is 17.3 Å². The molecule has 2 heterocycles. The van der Waals surface area contributed by atoms with Gasteiger partial charge in [0.2, 0.25) is 5.89 Å². The number of benzene rings is 1. The predicted octanol–water partition coefficient (Wildman–Crippen LogP) is 2.97. The lowest BCUT2D eigenvalue weighted by Gasteiger charge is -2.17. The minimum atomic E-state index is -4.55. The maximum Gasteiger partial charge on any atom is 0.393 e. The lowest BCUT2D eigenvalue weighted by atomic mass is 9.96. The Morgan fingerprint density at radius 3 is 2.52 bits per heavy atom. The fourth-order valence-corrected chi connectivity index (χ4v) is 3.14. The van der Waals surface area contributed by atoms with Crippen LogP contribution < -0.4 is 0 Å². The SMILES string of the molecule is Cl.O=C(O)[C@@H]1CN(Cc2nc(CCc3ccccc3)no2)C[C@H]1C(F)(F)F.